The van der Waals surface area contributed by atoms with E-state index in [-0.39, 0.29) is 11.5 Å². The third-order valence-electron chi connectivity index (χ3n) is 4.84. The molecule has 0 saturated carbocycles. The summed E-state index contributed by atoms with van der Waals surface area (Å²) >= 11 is 0. The molecular weight excluding hydrogens is 278 g/mol. The summed E-state index contributed by atoms with van der Waals surface area (Å²) < 4.78 is 7.26. The van der Waals surface area contributed by atoms with Gasteiger partial charge in [-0.05, 0) is 18.4 Å². The van der Waals surface area contributed by atoms with Crippen LogP contribution in [0.15, 0.2) is 30.3 Å². The summed E-state index contributed by atoms with van der Waals surface area (Å²) in [5.74, 6) is 1.53. The number of fused-ring (bicyclic) bond motifs is 1. The number of hydrogen-bond donors (Lipinski definition) is 1. The van der Waals surface area contributed by atoms with Crippen molar-refractivity contribution >= 4 is 0 Å². The van der Waals surface area contributed by atoms with Gasteiger partial charge in [0.05, 0.1) is 19.3 Å². The first kappa shape index (κ1) is 13.9. The maximum absolute atomic E-state index is 10.6. The molecule has 1 N–H and O–H groups in total. The van der Waals surface area contributed by atoms with E-state index >= 15 is 0 Å². The minimum Gasteiger partial charge on any atom is -0.384 e. The highest BCUT2D eigenvalue weighted by Gasteiger charge is 2.44. The molecule has 1 saturated heterocycles. The van der Waals surface area contributed by atoms with Crippen LogP contribution in [0, 0.1) is 5.41 Å². The minimum atomic E-state index is -0.657. The van der Waals surface area contributed by atoms with Crippen LogP contribution in [0.25, 0.3) is 0 Å². The first-order valence-corrected chi connectivity index (χ1v) is 7.93. The first-order valence-electron chi connectivity index (χ1n) is 7.93. The van der Waals surface area contributed by atoms with Crippen molar-refractivity contribution in [3.8, 4) is 0 Å². The highest BCUT2D eigenvalue weighted by Crippen LogP contribution is 2.40. The lowest BCUT2D eigenvalue weighted by Gasteiger charge is -2.40. The van der Waals surface area contributed by atoms with Gasteiger partial charge in [0.15, 0.2) is 5.82 Å². The van der Waals surface area contributed by atoms with Crippen molar-refractivity contribution in [3.05, 3.63) is 47.5 Å². The second-order valence-corrected chi connectivity index (χ2v) is 6.70. The molecule has 0 amide bonds. The normalized spacial score (nSPS) is 24.4. The third kappa shape index (κ3) is 2.16. The van der Waals surface area contributed by atoms with Crippen molar-refractivity contribution in [2.24, 2.45) is 5.41 Å². The first-order chi connectivity index (χ1) is 10.7. The van der Waals surface area contributed by atoms with Crippen LogP contribution in [0.4, 0.5) is 0 Å². The van der Waals surface area contributed by atoms with E-state index in [4.69, 9.17) is 4.74 Å². The predicted molar refractivity (Wildman–Crippen MR) is 81.4 cm³/mol. The van der Waals surface area contributed by atoms with Crippen LogP contribution < -0.4 is 0 Å². The Labute approximate surface area is 129 Å². The summed E-state index contributed by atoms with van der Waals surface area (Å²) in [6.07, 6.45) is 2.44. The number of nitrogens with zero attached hydrogens (tertiary/aromatic N) is 3. The zero-order valence-electron chi connectivity index (χ0n) is 12.8. The number of aromatic nitrogens is 3. The summed E-state index contributed by atoms with van der Waals surface area (Å²) in [5.41, 5.74) is 1.01. The number of rotatable bonds is 3. The number of aliphatic hydroxyl groups is 1. The van der Waals surface area contributed by atoms with Gasteiger partial charge in [-0.25, -0.2) is 9.67 Å². The highest BCUT2D eigenvalue weighted by molar-refractivity contribution is 5.21. The average Bonchev–Trinajstić information content (AvgIpc) is 2.96. The average molecular weight is 299 g/mol. The van der Waals surface area contributed by atoms with Crippen molar-refractivity contribution in [2.45, 2.75) is 38.3 Å². The van der Waals surface area contributed by atoms with Crippen molar-refractivity contribution in [1.29, 1.82) is 0 Å². The topological polar surface area (TPSA) is 60.2 Å². The summed E-state index contributed by atoms with van der Waals surface area (Å²) in [4.78, 5) is 4.62. The lowest BCUT2D eigenvalue weighted by Crippen LogP contribution is -2.45. The van der Waals surface area contributed by atoms with Crippen LogP contribution >= 0.6 is 0 Å². The fourth-order valence-electron chi connectivity index (χ4n) is 3.36. The van der Waals surface area contributed by atoms with Crippen LogP contribution in [0.2, 0.25) is 0 Å². The van der Waals surface area contributed by atoms with Gasteiger partial charge in [0.2, 0.25) is 0 Å². The van der Waals surface area contributed by atoms with E-state index in [0.717, 1.165) is 25.1 Å². The molecule has 1 aromatic carbocycles. The van der Waals surface area contributed by atoms with Gasteiger partial charge in [0.1, 0.15) is 11.9 Å². The molecule has 4 rings (SSSR count). The molecule has 0 aliphatic carbocycles. The highest BCUT2D eigenvalue weighted by atomic mass is 16.5. The maximum Gasteiger partial charge on any atom is 0.180 e. The molecule has 5 heteroatoms. The Morgan fingerprint density at radius 1 is 1.32 bits per heavy atom. The van der Waals surface area contributed by atoms with E-state index in [2.05, 4.69) is 34.3 Å². The lowest BCUT2D eigenvalue weighted by molar-refractivity contribution is -0.165. The van der Waals surface area contributed by atoms with Gasteiger partial charge in [-0.15, -0.1) is 0 Å². The number of ether oxygens (including phenoxy) is 1. The molecule has 5 nitrogen and oxygen atoms in total. The molecule has 2 atom stereocenters. The summed E-state index contributed by atoms with van der Waals surface area (Å²) in [5, 5.41) is 15.2. The van der Waals surface area contributed by atoms with Crippen molar-refractivity contribution < 1.29 is 9.84 Å². The Balaban J connectivity index is 1.68. The number of benzene rings is 1. The van der Waals surface area contributed by atoms with E-state index in [1.54, 1.807) is 0 Å². The van der Waals surface area contributed by atoms with Gasteiger partial charge in [-0.3, -0.25) is 0 Å². The molecule has 116 valence electrons. The summed E-state index contributed by atoms with van der Waals surface area (Å²) in [6, 6.07) is 10.6. The Bertz CT molecular complexity index is 664. The Morgan fingerprint density at radius 2 is 2.09 bits per heavy atom. The molecule has 1 aromatic heterocycles. The standard InChI is InChI=1S/C17H21N3O2/c1-17(10-22-11-17)15(21)16-18-14-9-5-8-13(20(14)19-16)12-6-3-2-4-7-12/h2-4,6-7,13,15,21H,5,8-11H2,1H3/t13-,15?/m1/s1. The summed E-state index contributed by atoms with van der Waals surface area (Å²) in [7, 11) is 0. The summed E-state index contributed by atoms with van der Waals surface area (Å²) in [6.45, 7) is 3.16. The zero-order valence-corrected chi connectivity index (χ0v) is 12.8. The Kier molecular flexibility index (Phi) is 3.27. The molecule has 2 aliphatic heterocycles. The van der Waals surface area contributed by atoms with E-state index in [9.17, 15) is 5.11 Å². The van der Waals surface area contributed by atoms with Crippen LogP contribution in [-0.4, -0.2) is 33.1 Å². The number of aryl methyl sites for hydroxylation is 1. The molecule has 22 heavy (non-hydrogen) atoms. The predicted octanol–water partition coefficient (Wildman–Crippen LogP) is 2.27. The molecule has 0 bridgehead atoms. The van der Waals surface area contributed by atoms with E-state index in [1.165, 1.54) is 5.56 Å². The number of hydrogen-bond acceptors (Lipinski definition) is 4. The van der Waals surface area contributed by atoms with Crippen LogP contribution in [0.5, 0.6) is 0 Å². The monoisotopic (exact) mass is 299 g/mol. The largest absolute Gasteiger partial charge is 0.384 e. The minimum absolute atomic E-state index is 0.226. The third-order valence-corrected chi connectivity index (χ3v) is 4.84. The van der Waals surface area contributed by atoms with Crippen LogP contribution in [0.1, 0.15) is 49.1 Å². The lowest BCUT2D eigenvalue weighted by atomic mass is 9.82. The van der Waals surface area contributed by atoms with Gasteiger partial charge in [0.25, 0.3) is 0 Å². The van der Waals surface area contributed by atoms with Gasteiger partial charge >= 0.3 is 0 Å². The molecule has 2 aliphatic rings. The van der Waals surface area contributed by atoms with Gasteiger partial charge in [-0.1, -0.05) is 37.3 Å². The number of aliphatic hydroxyl groups excluding tert-OH is 1. The van der Waals surface area contributed by atoms with Crippen molar-refractivity contribution in [2.75, 3.05) is 13.2 Å². The molecule has 0 radical (unpaired) electrons. The van der Waals surface area contributed by atoms with E-state index in [0.29, 0.717) is 19.0 Å². The van der Waals surface area contributed by atoms with E-state index in [1.807, 2.05) is 17.7 Å². The molecule has 1 unspecified atom stereocenters. The molecule has 1 fully saturated rings. The molecule has 3 heterocycles. The van der Waals surface area contributed by atoms with Crippen LogP contribution in [-0.2, 0) is 11.2 Å². The second kappa shape index (κ2) is 5.18. The maximum atomic E-state index is 10.6. The molecular formula is C17H21N3O2. The fourth-order valence-corrected chi connectivity index (χ4v) is 3.36. The molecule has 0 spiro atoms. The quantitative estimate of drug-likeness (QED) is 0.944. The SMILES string of the molecule is CC1(C(O)c2nc3n(n2)[C@@H](c2ccccc2)CCC3)COC1. The Hall–Kier alpha value is -1.72. The van der Waals surface area contributed by atoms with Crippen molar-refractivity contribution in [3.63, 3.8) is 0 Å². The van der Waals surface area contributed by atoms with Crippen molar-refractivity contribution in [1.82, 2.24) is 14.8 Å². The fraction of sp³-hybridized carbons (Fsp3) is 0.529. The van der Waals surface area contributed by atoms with Gasteiger partial charge in [-0.2, -0.15) is 5.10 Å². The second-order valence-electron chi connectivity index (χ2n) is 6.70. The zero-order chi connectivity index (χ0) is 15.2. The molecule has 2 aromatic rings. The van der Waals surface area contributed by atoms with Gasteiger partial charge < -0.3 is 9.84 Å². The van der Waals surface area contributed by atoms with Crippen LogP contribution in [0.3, 0.4) is 0 Å². The van der Waals surface area contributed by atoms with Gasteiger partial charge in [0, 0.05) is 11.8 Å². The smallest absolute Gasteiger partial charge is 0.180 e. The Morgan fingerprint density at radius 3 is 2.77 bits per heavy atom. The van der Waals surface area contributed by atoms with E-state index < -0.39 is 6.10 Å².